The van der Waals surface area contributed by atoms with E-state index in [-0.39, 0.29) is 12.0 Å². The number of thiazole rings is 1. The van der Waals surface area contributed by atoms with Crippen molar-refractivity contribution in [3.8, 4) is 0 Å². The van der Waals surface area contributed by atoms with Crippen molar-refractivity contribution in [1.82, 2.24) is 20.0 Å². The van der Waals surface area contributed by atoms with Crippen LogP contribution in [0.2, 0.25) is 0 Å². The van der Waals surface area contributed by atoms with Crippen molar-refractivity contribution < 1.29 is 14.6 Å². The Kier molecular flexibility index (Phi) is 5.63. The Morgan fingerprint density at radius 3 is 2.89 bits per heavy atom. The molecule has 0 spiro atoms. The number of ether oxygens (including phenoxy) is 1. The molecule has 2 aromatic rings. The second kappa shape index (κ2) is 8.16. The number of rotatable bonds is 6. The first-order chi connectivity index (χ1) is 13.6. The molecule has 28 heavy (non-hydrogen) atoms. The van der Waals surface area contributed by atoms with Crippen LogP contribution < -0.4 is 4.90 Å². The van der Waals surface area contributed by atoms with Gasteiger partial charge in [0, 0.05) is 19.3 Å². The third-order valence-electron chi connectivity index (χ3n) is 5.94. The van der Waals surface area contributed by atoms with Crippen molar-refractivity contribution in [1.29, 1.82) is 0 Å². The van der Waals surface area contributed by atoms with Crippen LogP contribution in [0.15, 0.2) is 12.4 Å². The summed E-state index contributed by atoms with van der Waals surface area (Å²) in [5.41, 5.74) is 1.00. The summed E-state index contributed by atoms with van der Waals surface area (Å²) < 4.78 is 6.64. The number of fused-ring (bicyclic) bond motifs is 1. The van der Waals surface area contributed by atoms with Crippen LogP contribution >= 0.6 is 11.3 Å². The van der Waals surface area contributed by atoms with Crippen molar-refractivity contribution >= 4 is 22.4 Å². The van der Waals surface area contributed by atoms with E-state index in [9.17, 15) is 9.90 Å². The molecule has 2 fully saturated rings. The Balaban J connectivity index is 1.43. The molecule has 2 aromatic heterocycles. The molecule has 0 amide bonds. The molecule has 0 aromatic carbocycles. The largest absolute Gasteiger partial charge is 0.465 e. The van der Waals surface area contributed by atoms with Crippen LogP contribution in [0.1, 0.15) is 54.0 Å². The van der Waals surface area contributed by atoms with E-state index in [2.05, 4.69) is 27.1 Å². The van der Waals surface area contributed by atoms with E-state index in [4.69, 9.17) is 4.74 Å². The predicted octanol–water partition coefficient (Wildman–Crippen LogP) is 2.31. The number of aliphatic hydroxyl groups is 1. The minimum Gasteiger partial charge on any atom is -0.465 e. The van der Waals surface area contributed by atoms with E-state index in [0.29, 0.717) is 16.7 Å². The van der Waals surface area contributed by atoms with Crippen LogP contribution in [0, 0.1) is 11.8 Å². The van der Waals surface area contributed by atoms with Gasteiger partial charge in [-0.1, -0.05) is 29.9 Å². The number of unbranched alkanes of at least 4 members (excludes halogenated alkanes) is 1. The number of hydrogen-bond donors (Lipinski definition) is 1. The molecule has 1 N–H and O–H groups in total. The SMILES string of the molecule is CCCCc1cn([C@@H]2C[C@@H]3CN(c4ncc(C(=O)OC)s4)C[C@@H]3C[C@H]2O)nn1. The molecule has 0 unspecified atom stereocenters. The summed E-state index contributed by atoms with van der Waals surface area (Å²) in [4.78, 5) is 18.8. The minimum absolute atomic E-state index is 0.0222. The van der Waals surface area contributed by atoms with E-state index in [0.717, 1.165) is 56.0 Å². The van der Waals surface area contributed by atoms with Crippen molar-refractivity contribution in [3.63, 3.8) is 0 Å². The van der Waals surface area contributed by atoms with Crippen LogP contribution in [0.4, 0.5) is 5.13 Å². The fraction of sp³-hybridized carbons (Fsp3) is 0.684. The molecular weight excluding hydrogens is 378 g/mol. The highest BCUT2D eigenvalue weighted by molar-refractivity contribution is 7.17. The van der Waals surface area contributed by atoms with E-state index < -0.39 is 6.10 Å². The van der Waals surface area contributed by atoms with Gasteiger partial charge in [-0.3, -0.25) is 0 Å². The van der Waals surface area contributed by atoms with Gasteiger partial charge >= 0.3 is 5.97 Å². The number of methoxy groups -OCH3 is 1. The molecule has 4 rings (SSSR count). The predicted molar refractivity (Wildman–Crippen MR) is 106 cm³/mol. The Morgan fingerprint density at radius 2 is 2.14 bits per heavy atom. The van der Waals surface area contributed by atoms with Gasteiger partial charge in [-0.15, -0.1) is 5.10 Å². The maximum atomic E-state index is 11.7. The summed E-state index contributed by atoms with van der Waals surface area (Å²) in [5.74, 6) is 0.558. The van der Waals surface area contributed by atoms with E-state index in [1.165, 1.54) is 18.4 Å². The second-order valence-electron chi connectivity index (χ2n) is 7.82. The maximum Gasteiger partial charge on any atom is 0.349 e. The number of aryl methyl sites for hydroxylation is 1. The van der Waals surface area contributed by atoms with Gasteiger partial charge in [0.05, 0.1) is 31.1 Å². The third kappa shape index (κ3) is 3.77. The third-order valence-corrected chi connectivity index (χ3v) is 6.98. The fourth-order valence-electron chi connectivity index (χ4n) is 4.40. The molecule has 1 saturated heterocycles. The monoisotopic (exact) mass is 405 g/mol. The first-order valence-electron chi connectivity index (χ1n) is 9.96. The molecule has 0 bridgehead atoms. The summed E-state index contributed by atoms with van der Waals surface area (Å²) in [7, 11) is 1.38. The Morgan fingerprint density at radius 1 is 1.36 bits per heavy atom. The summed E-state index contributed by atoms with van der Waals surface area (Å²) >= 11 is 1.37. The lowest BCUT2D eigenvalue weighted by Gasteiger charge is -2.34. The molecule has 2 aliphatic rings. The van der Waals surface area contributed by atoms with Gasteiger partial charge in [-0.25, -0.2) is 14.5 Å². The highest BCUT2D eigenvalue weighted by Gasteiger charge is 2.43. The molecule has 4 atom stereocenters. The summed E-state index contributed by atoms with van der Waals surface area (Å²) in [6.07, 6.45) is 7.98. The summed E-state index contributed by atoms with van der Waals surface area (Å²) in [5, 5.41) is 20.2. The molecule has 1 aliphatic heterocycles. The quantitative estimate of drug-likeness (QED) is 0.737. The number of anilines is 1. The lowest BCUT2D eigenvalue weighted by atomic mass is 9.77. The molecule has 152 valence electrons. The number of carbonyl (C=O) groups excluding carboxylic acids is 1. The lowest BCUT2D eigenvalue weighted by molar-refractivity contribution is 0.0298. The molecule has 8 nitrogen and oxygen atoms in total. The number of esters is 1. The average Bonchev–Trinajstić information content (AvgIpc) is 3.43. The van der Waals surface area contributed by atoms with Crippen LogP contribution in [-0.4, -0.2) is 57.4 Å². The maximum absolute atomic E-state index is 11.7. The normalized spacial score (nSPS) is 27.0. The van der Waals surface area contributed by atoms with Gasteiger partial charge in [-0.05, 0) is 37.5 Å². The van der Waals surface area contributed by atoms with Crippen molar-refractivity contribution in [3.05, 3.63) is 23.0 Å². The number of hydrogen-bond acceptors (Lipinski definition) is 8. The van der Waals surface area contributed by atoms with Crippen LogP contribution in [0.5, 0.6) is 0 Å². The number of nitrogens with zero attached hydrogens (tertiary/aromatic N) is 5. The Hall–Kier alpha value is -2.00. The number of aliphatic hydroxyl groups excluding tert-OH is 1. The zero-order valence-corrected chi connectivity index (χ0v) is 17.1. The highest BCUT2D eigenvalue weighted by atomic mass is 32.1. The molecular formula is C19H27N5O3S. The van der Waals surface area contributed by atoms with E-state index >= 15 is 0 Å². The van der Waals surface area contributed by atoms with E-state index in [1.807, 2.05) is 10.9 Å². The standard InChI is InChI=1S/C19H27N5O3S/c1-3-4-5-14-11-24(22-21-14)15-6-12-9-23(10-13(12)7-16(15)25)19-20-8-17(28-19)18(26)27-2/h8,11-13,15-16,25H,3-7,9-10H2,1-2H3/t12-,13+,15-,16-/m1/s1. The topological polar surface area (TPSA) is 93.4 Å². The molecule has 3 heterocycles. The Labute approximate surface area is 168 Å². The number of carbonyl (C=O) groups is 1. The van der Waals surface area contributed by atoms with Crippen molar-refractivity contribution in [2.45, 2.75) is 51.2 Å². The van der Waals surface area contributed by atoms with Crippen molar-refractivity contribution in [2.24, 2.45) is 11.8 Å². The molecule has 9 heteroatoms. The molecule has 0 radical (unpaired) electrons. The van der Waals surface area contributed by atoms with Crippen molar-refractivity contribution in [2.75, 3.05) is 25.1 Å². The van der Waals surface area contributed by atoms with Crippen LogP contribution in [0.25, 0.3) is 0 Å². The number of aromatic nitrogens is 4. The van der Waals surface area contributed by atoms with Gasteiger partial charge < -0.3 is 14.7 Å². The van der Waals surface area contributed by atoms with Crippen LogP contribution in [-0.2, 0) is 11.2 Å². The Bertz CT molecular complexity index is 822. The van der Waals surface area contributed by atoms with E-state index in [1.54, 1.807) is 6.20 Å². The summed E-state index contributed by atoms with van der Waals surface area (Å²) in [6, 6.07) is -0.0222. The van der Waals surface area contributed by atoms with Gasteiger partial charge in [0.15, 0.2) is 5.13 Å². The van der Waals surface area contributed by atoms with Gasteiger partial charge in [0.25, 0.3) is 0 Å². The van der Waals surface area contributed by atoms with Gasteiger partial charge in [0.1, 0.15) is 4.88 Å². The highest BCUT2D eigenvalue weighted by Crippen LogP contribution is 2.43. The molecule has 1 aliphatic carbocycles. The zero-order chi connectivity index (χ0) is 19.7. The first kappa shape index (κ1) is 19.3. The summed E-state index contributed by atoms with van der Waals surface area (Å²) in [6.45, 7) is 3.92. The average molecular weight is 406 g/mol. The zero-order valence-electron chi connectivity index (χ0n) is 16.3. The smallest absolute Gasteiger partial charge is 0.349 e. The minimum atomic E-state index is -0.413. The van der Waals surface area contributed by atoms with Crippen LogP contribution in [0.3, 0.4) is 0 Å². The van der Waals surface area contributed by atoms with Gasteiger partial charge in [-0.2, -0.15) is 0 Å². The lowest BCUT2D eigenvalue weighted by Crippen LogP contribution is -2.36. The second-order valence-corrected chi connectivity index (χ2v) is 8.83. The molecule has 1 saturated carbocycles. The first-order valence-corrected chi connectivity index (χ1v) is 10.8. The van der Waals surface area contributed by atoms with Gasteiger partial charge in [0.2, 0.25) is 0 Å². The fourth-order valence-corrected chi connectivity index (χ4v) is 5.25.